The Morgan fingerprint density at radius 3 is 2.67 bits per heavy atom. The van der Waals surface area contributed by atoms with Crippen LogP contribution in [0.4, 0.5) is 26.0 Å². The van der Waals surface area contributed by atoms with E-state index in [1.54, 1.807) is 12.1 Å². The molecule has 1 aromatic heterocycles. The van der Waals surface area contributed by atoms with E-state index in [0.29, 0.717) is 40.0 Å². The Bertz CT molecular complexity index is 1400. The maximum atomic E-state index is 12.7. The van der Waals surface area contributed by atoms with Gasteiger partial charge in [-0.25, -0.2) is 23.0 Å². The van der Waals surface area contributed by atoms with Crippen molar-refractivity contribution in [2.75, 3.05) is 23.4 Å². The van der Waals surface area contributed by atoms with E-state index in [4.69, 9.17) is 4.74 Å². The van der Waals surface area contributed by atoms with Gasteiger partial charge in [-0.15, -0.1) is 0 Å². The lowest BCUT2D eigenvalue weighted by molar-refractivity contribution is -0.124. The highest BCUT2D eigenvalue weighted by Crippen LogP contribution is 2.34. The zero-order valence-electron chi connectivity index (χ0n) is 20.4. The van der Waals surface area contributed by atoms with Crippen LogP contribution in [0.1, 0.15) is 31.4 Å². The Morgan fingerprint density at radius 2 is 2.00 bits per heavy atom. The van der Waals surface area contributed by atoms with Crippen molar-refractivity contribution in [3.05, 3.63) is 47.8 Å². The molecule has 2 N–H and O–H groups in total. The van der Waals surface area contributed by atoms with E-state index in [1.165, 1.54) is 13.3 Å². The summed E-state index contributed by atoms with van der Waals surface area (Å²) in [5.74, 6) is 1.53. The number of carbonyl (C=O) groups excluding carboxylic acids is 1. The number of aryl methyl sites for hydroxylation is 2. The van der Waals surface area contributed by atoms with Crippen LogP contribution in [0.25, 0.3) is 10.9 Å². The lowest BCUT2D eigenvalue weighted by atomic mass is 10.1. The summed E-state index contributed by atoms with van der Waals surface area (Å²) in [6.07, 6.45) is 0.443. The highest BCUT2D eigenvalue weighted by Gasteiger charge is 2.20. The molecule has 4 rings (SSSR count). The maximum absolute atomic E-state index is 12.7. The normalized spacial score (nSPS) is 15.3. The average Bonchev–Trinajstić information content (AvgIpc) is 2.82. The number of nitrogens with zero attached hydrogens (tertiary/aromatic N) is 3. The number of hydrogen-bond donors (Lipinski definition) is 2. The zero-order chi connectivity index (χ0) is 25.9. The Labute approximate surface area is 209 Å². The van der Waals surface area contributed by atoms with Crippen molar-refractivity contribution >= 4 is 43.7 Å². The Balaban J connectivity index is 1.62. The molecule has 0 bridgehead atoms. The lowest BCUT2D eigenvalue weighted by Gasteiger charge is -2.18. The summed E-state index contributed by atoms with van der Waals surface area (Å²) < 4.78 is 48.2. The molecule has 1 aliphatic heterocycles. The van der Waals surface area contributed by atoms with Crippen molar-refractivity contribution in [3.8, 4) is 5.75 Å². The van der Waals surface area contributed by atoms with Crippen LogP contribution in [0.5, 0.6) is 5.75 Å². The van der Waals surface area contributed by atoms with Gasteiger partial charge in [-0.3, -0.25) is 4.79 Å². The summed E-state index contributed by atoms with van der Waals surface area (Å²) >= 11 is 0. The molecule has 2 aromatic carbocycles. The molecular formula is C25H29F2N5O3S. The number of halogens is 2. The Morgan fingerprint density at radius 1 is 1.22 bits per heavy atom. The molecule has 0 spiro atoms. The molecule has 0 aliphatic carbocycles. The van der Waals surface area contributed by atoms with Gasteiger partial charge in [0.2, 0.25) is 0 Å². The standard InChI is InChI=1S/C25H29F2N5O3S/c1-4-17-6-7-19(21(11-17)35-13-22(33)30-16(3)24(26)27)31-25-23-15(2)10-18(12-20(23)28-14-29-25)32-36(34)8-5-9-36/h6-7,10-12,14,16,24H,4-5,8-9,13H2,1-3H3,(H,30,33)(H,28,29,31). The van der Waals surface area contributed by atoms with Crippen LogP contribution in [0, 0.1) is 6.92 Å². The first-order valence-corrected chi connectivity index (χ1v) is 13.6. The van der Waals surface area contributed by atoms with Gasteiger partial charge in [-0.1, -0.05) is 13.0 Å². The summed E-state index contributed by atoms with van der Waals surface area (Å²) in [5, 5.41) is 6.26. The molecule has 192 valence electrons. The van der Waals surface area contributed by atoms with E-state index in [2.05, 4.69) is 25.0 Å². The highest BCUT2D eigenvalue weighted by atomic mass is 32.2. The van der Waals surface area contributed by atoms with Gasteiger partial charge in [-0.2, -0.15) is 4.36 Å². The molecule has 1 atom stereocenters. The fourth-order valence-corrected chi connectivity index (χ4v) is 5.29. The number of amides is 1. The minimum atomic E-state index is -2.66. The van der Waals surface area contributed by atoms with Crippen LogP contribution in [0.2, 0.25) is 0 Å². The second-order valence-corrected chi connectivity index (χ2v) is 11.3. The molecule has 2 heterocycles. The van der Waals surface area contributed by atoms with Crippen LogP contribution in [0.15, 0.2) is 41.0 Å². The van der Waals surface area contributed by atoms with Gasteiger partial charge in [0.05, 0.1) is 32.7 Å². The summed E-state index contributed by atoms with van der Waals surface area (Å²) in [6.45, 7) is 4.73. The monoisotopic (exact) mass is 517 g/mol. The largest absolute Gasteiger partial charge is 0.482 e. The van der Waals surface area contributed by atoms with Crippen molar-refractivity contribution in [2.45, 2.75) is 46.1 Å². The lowest BCUT2D eigenvalue weighted by Crippen LogP contribution is -2.40. The predicted molar refractivity (Wildman–Crippen MR) is 137 cm³/mol. The van der Waals surface area contributed by atoms with Crippen molar-refractivity contribution in [1.29, 1.82) is 0 Å². The number of ether oxygens (including phenoxy) is 1. The van der Waals surface area contributed by atoms with Gasteiger partial charge < -0.3 is 15.4 Å². The van der Waals surface area contributed by atoms with Crippen molar-refractivity contribution < 1.29 is 22.5 Å². The Kier molecular flexibility index (Phi) is 7.67. The number of hydrogen-bond acceptors (Lipinski definition) is 7. The van der Waals surface area contributed by atoms with Gasteiger partial charge in [0.1, 0.15) is 17.9 Å². The van der Waals surface area contributed by atoms with Crippen LogP contribution >= 0.6 is 0 Å². The molecule has 36 heavy (non-hydrogen) atoms. The Hall–Kier alpha value is -3.34. The first-order chi connectivity index (χ1) is 17.2. The predicted octanol–water partition coefficient (Wildman–Crippen LogP) is 4.90. The number of carbonyl (C=O) groups is 1. The van der Waals surface area contributed by atoms with Gasteiger partial charge >= 0.3 is 0 Å². The molecular weight excluding hydrogens is 488 g/mol. The van der Waals surface area contributed by atoms with E-state index in [-0.39, 0.29) is 0 Å². The first kappa shape index (κ1) is 25.7. The van der Waals surface area contributed by atoms with Crippen LogP contribution < -0.4 is 15.4 Å². The topological polar surface area (TPSA) is 106 Å². The SMILES string of the molecule is CCc1ccc(Nc2ncnc3cc(N=S4(=O)CCC4)cc(C)c23)c(OCC(=O)NC(C)C(F)F)c1. The molecule has 1 fully saturated rings. The number of alkyl halides is 2. The first-order valence-electron chi connectivity index (χ1n) is 11.8. The molecule has 1 amide bonds. The van der Waals surface area contributed by atoms with Crippen LogP contribution in [-0.2, 0) is 20.9 Å². The van der Waals surface area contributed by atoms with Gasteiger partial charge in [0.15, 0.2) is 6.61 Å². The van der Waals surface area contributed by atoms with Gasteiger partial charge in [0.25, 0.3) is 12.3 Å². The van der Waals surface area contributed by atoms with E-state index < -0.39 is 34.7 Å². The number of fused-ring (bicyclic) bond motifs is 1. The minimum absolute atomic E-state index is 0.395. The third-order valence-corrected chi connectivity index (χ3v) is 8.35. The minimum Gasteiger partial charge on any atom is -0.482 e. The highest BCUT2D eigenvalue weighted by molar-refractivity contribution is 7.95. The zero-order valence-corrected chi connectivity index (χ0v) is 21.2. The average molecular weight is 518 g/mol. The fraction of sp³-hybridized carbons (Fsp3) is 0.400. The summed E-state index contributed by atoms with van der Waals surface area (Å²) in [5.41, 5.74) is 3.70. The molecule has 11 heteroatoms. The van der Waals surface area contributed by atoms with Gasteiger partial charge in [-0.05, 0) is 62.1 Å². The van der Waals surface area contributed by atoms with Gasteiger partial charge in [0, 0.05) is 16.9 Å². The molecule has 0 saturated carbocycles. The summed E-state index contributed by atoms with van der Waals surface area (Å²) in [4.78, 5) is 20.9. The summed E-state index contributed by atoms with van der Waals surface area (Å²) in [6, 6.07) is 7.95. The number of rotatable bonds is 9. The number of anilines is 2. The quantitative estimate of drug-likeness (QED) is 0.418. The number of benzene rings is 2. The van der Waals surface area contributed by atoms with Crippen LogP contribution in [0.3, 0.4) is 0 Å². The molecule has 0 radical (unpaired) electrons. The van der Waals surface area contributed by atoms with E-state index >= 15 is 0 Å². The number of nitrogens with one attached hydrogen (secondary N) is 2. The smallest absolute Gasteiger partial charge is 0.258 e. The second-order valence-electron chi connectivity index (χ2n) is 8.79. The fourth-order valence-electron chi connectivity index (χ4n) is 3.83. The van der Waals surface area contributed by atoms with E-state index in [1.807, 2.05) is 32.0 Å². The van der Waals surface area contributed by atoms with E-state index in [0.717, 1.165) is 29.4 Å². The molecule has 3 aromatic rings. The van der Waals surface area contributed by atoms with Crippen molar-refractivity contribution in [2.24, 2.45) is 4.36 Å². The van der Waals surface area contributed by atoms with Crippen LogP contribution in [-0.4, -0.2) is 50.7 Å². The third-order valence-electron chi connectivity index (χ3n) is 5.95. The summed E-state index contributed by atoms with van der Waals surface area (Å²) in [7, 11) is -2.15. The molecule has 1 unspecified atom stereocenters. The third kappa shape index (κ3) is 5.89. The maximum Gasteiger partial charge on any atom is 0.258 e. The molecule has 8 nitrogen and oxygen atoms in total. The second kappa shape index (κ2) is 10.7. The number of aromatic nitrogens is 2. The van der Waals surface area contributed by atoms with Crippen molar-refractivity contribution in [3.63, 3.8) is 0 Å². The van der Waals surface area contributed by atoms with E-state index in [9.17, 15) is 17.8 Å². The van der Waals surface area contributed by atoms with Crippen molar-refractivity contribution in [1.82, 2.24) is 15.3 Å². The molecule has 1 aliphatic rings. The molecule has 1 saturated heterocycles.